The molecule has 0 radical (unpaired) electrons. The molecule has 0 atom stereocenters. The average Bonchev–Trinajstić information content (AvgIpc) is 2.50. The third-order valence-electron chi connectivity index (χ3n) is 3.29. The fourth-order valence-electron chi connectivity index (χ4n) is 2.26. The fraction of sp³-hybridized carbons (Fsp3) is 0.0625. The largest absolute Gasteiger partial charge is 0.465 e. The number of fused-ring (bicyclic) bond motifs is 1. The summed E-state index contributed by atoms with van der Waals surface area (Å²) in [4.78, 5) is 27.0. The Bertz CT molecular complexity index is 888. The van der Waals surface area contributed by atoms with Crippen molar-refractivity contribution in [3.05, 3.63) is 70.8 Å². The zero-order chi connectivity index (χ0) is 15.5. The lowest BCUT2D eigenvalue weighted by Crippen LogP contribution is -2.20. The summed E-state index contributed by atoms with van der Waals surface area (Å²) in [5.41, 5.74) is 0.872. The summed E-state index contributed by atoms with van der Waals surface area (Å²) in [7, 11) is 0. The maximum atomic E-state index is 12.5. The van der Waals surface area contributed by atoms with Crippen LogP contribution in [0.3, 0.4) is 0 Å². The van der Waals surface area contributed by atoms with Crippen molar-refractivity contribution in [1.82, 2.24) is 9.55 Å². The lowest BCUT2D eigenvalue weighted by molar-refractivity contribution is 0.209. The van der Waals surface area contributed by atoms with Crippen LogP contribution in [-0.4, -0.2) is 20.8 Å². The van der Waals surface area contributed by atoms with Gasteiger partial charge in [0.15, 0.2) is 0 Å². The van der Waals surface area contributed by atoms with Gasteiger partial charge in [-0.1, -0.05) is 30.3 Å². The first kappa shape index (κ1) is 13.8. The fourth-order valence-corrected chi connectivity index (χ4v) is 2.26. The quantitative estimate of drug-likeness (QED) is 0.777. The van der Waals surface area contributed by atoms with E-state index in [9.17, 15) is 9.59 Å². The van der Waals surface area contributed by atoms with Gasteiger partial charge < -0.3 is 9.67 Å². The highest BCUT2D eigenvalue weighted by atomic mass is 16.4. The van der Waals surface area contributed by atoms with Gasteiger partial charge in [-0.15, -0.1) is 0 Å². The second-order valence-electron chi connectivity index (χ2n) is 4.82. The van der Waals surface area contributed by atoms with Crippen molar-refractivity contribution in [2.45, 2.75) is 6.54 Å². The predicted molar refractivity (Wildman–Crippen MR) is 83.2 cm³/mol. The van der Waals surface area contributed by atoms with E-state index < -0.39 is 6.09 Å². The molecular weight excluding hydrogens is 282 g/mol. The van der Waals surface area contributed by atoms with Crippen molar-refractivity contribution >= 4 is 22.7 Å². The van der Waals surface area contributed by atoms with Crippen molar-refractivity contribution in [1.29, 1.82) is 0 Å². The first-order chi connectivity index (χ1) is 10.6. The highest BCUT2D eigenvalue weighted by Crippen LogP contribution is 2.13. The number of carbonyl (C=O) groups is 1. The summed E-state index contributed by atoms with van der Waals surface area (Å²) in [5, 5.41) is 12.0. The van der Waals surface area contributed by atoms with Gasteiger partial charge in [-0.3, -0.25) is 10.1 Å². The number of pyridine rings is 2. The SMILES string of the molecule is O=C(O)Nc1cc2ccn(Cc3ccccc3)c(=O)c2cn1. The second-order valence-corrected chi connectivity index (χ2v) is 4.82. The minimum absolute atomic E-state index is 0.157. The van der Waals surface area contributed by atoms with Gasteiger partial charge in [-0.2, -0.15) is 0 Å². The normalized spacial score (nSPS) is 10.5. The molecule has 0 fully saturated rings. The number of rotatable bonds is 3. The monoisotopic (exact) mass is 295 g/mol. The lowest BCUT2D eigenvalue weighted by Gasteiger charge is -2.08. The van der Waals surface area contributed by atoms with Crippen molar-refractivity contribution < 1.29 is 9.90 Å². The minimum Gasteiger partial charge on any atom is -0.465 e. The van der Waals surface area contributed by atoms with Gasteiger partial charge in [-0.25, -0.2) is 9.78 Å². The number of hydrogen-bond donors (Lipinski definition) is 2. The lowest BCUT2D eigenvalue weighted by atomic mass is 10.2. The highest BCUT2D eigenvalue weighted by Gasteiger charge is 2.06. The summed E-state index contributed by atoms with van der Waals surface area (Å²) in [6, 6.07) is 13.0. The van der Waals surface area contributed by atoms with Crippen molar-refractivity contribution in [2.75, 3.05) is 5.32 Å². The van der Waals surface area contributed by atoms with Gasteiger partial charge in [0.2, 0.25) is 0 Å². The standard InChI is InChI=1S/C16H13N3O3/c20-15-13-9-17-14(18-16(21)22)8-12(13)6-7-19(15)10-11-4-2-1-3-5-11/h1-9H,10H2,(H,17,18)(H,21,22). The van der Waals surface area contributed by atoms with E-state index in [0.29, 0.717) is 17.3 Å². The van der Waals surface area contributed by atoms with Gasteiger partial charge in [0.1, 0.15) is 5.82 Å². The molecular formula is C16H13N3O3. The van der Waals surface area contributed by atoms with Crippen LogP contribution in [0.2, 0.25) is 0 Å². The summed E-state index contributed by atoms with van der Waals surface area (Å²) >= 11 is 0. The van der Waals surface area contributed by atoms with E-state index in [4.69, 9.17) is 5.11 Å². The van der Waals surface area contributed by atoms with Crippen LogP contribution in [0.1, 0.15) is 5.56 Å². The van der Waals surface area contributed by atoms with Crippen LogP contribution < -0.4 is 10.9 Å². The van der Waals surface area contributed by atoms with E-state index in [2.05, 4.69) is 10.3 Å². The molecule has 2 N–H and O–H groups in total. The summed E-state index contributed by atoms with van der Waals surface area (Å²) in [6.07, 6.45) is 1.90. The number of nitrogens with zero attached hydrogens (tertiary/aromatic N) is 2. The van der Waals surface area contributed by atoms with Crippen molar-refractivity contribution in [3.63, 3.8) is 0 Å². The number of amides is 1. The Balaban J connectivity index is 1.99. The van der Waals surface area contributed by atoms with E-state index in [0.717, 1.165) is 5.56 Å². The van der Waals surface area contributed by atoms with Gasteiger partial charge in [-0.05, 0) is 23.1 Å². The molecule has 6 heteroatoms. The van der Waals surface area contributed by atoms with E-state index in [-0.39, 0.29) is 11.4 Å². The Morgan fingerprint density at radius 1 is 1.23 bits per heavy atom. The molecule has 110 valence electrons. The first-order valence-corrected chi connectivity index (χ1v) is 6.66. The van der Waals surface area contributed by atoms with Crippen LogP contribution in [0.15, 0.2) is 59.7 Å². The number of hydrogen-bond acceptors (Lipinski definition) is 3. The predicted octanol–water partition coefficient (Wildman–Crippen LogP) is 2.53. The number of aromatic nitrogens is 2. The Morgan fingerprint density at radius 2 is 2.00 bits per heavy atom. The van der Waals surface area contributed by atoms with Crippen LogP contribution in [0.25, 0.3) is 10.8 Å². The molecule has 0 aliphatic heterocycles. The third-order valence-corrected chi connectivity index (χ3v) is 3.29. The maximum Gasteiger partial charge on any atom is 0.410 e. The van der Waals surface area contributed by atoms with Gasteiger partial charge in [0.25, 0.3) is 5.56 Å². The molecule has 3 aromatic rings. The maximum absolute atomic E-state index is 12.5. The van der Waals surface area contributed by atoms with E-state index >= 15 is 0 Å². The van der Waals surface area contributed by atoms with Gasteiger partial charge in [0.05, 0.1) is 11.9 Å². The van der Waals surface area contributed by atoms with Crippen LogP contribution in [0.4, 0.5) is 10.6 Å². The molecule has 2 heterocycles. The number of carboxylic acid groups (broad SMARTS) is 1. The number of benzene rings is 1. The molecule has 0 aliphatic carbocycles. The molecule has 0 unspecified atom stereocenters. The van der Waals surface area contributed by atoms with Crippen molar-refractivity contribution in [2.24, 2.45) is 0 Å². The van der Waals surface area contributed by atoms with E-state index in [1.54, 1.807) is 16.8 Å². The molecule has 0 aliphatic rings. The minimum atomic E-state index is -1.19. The third kappa shape index (κ3) is 2.80. The molecule has 0 saturated carbocycles. The molecule has 0 saturated heterocycles. The van der Waals surface area contributed by atoms with Crippen LogP contribution in [0.5, 0.6) is 0 Å². The highest BCUT2D eigenvalue weighted by molar-refractivity contribution is 5.87. The van der Waals surface area contributed by atoms with Crippen LogP contribution >= 0.6 is 0 Å². The van der Waals surface area contributed by atoms with E-state index in [1.165, 1.54) is 12.3 Å². The number of nitrogens with one attached hydrogen (secondary N) is 1. The molecule has 2 aromatic heterocycles. The zero-order valence-electron chi connectivity index (χ0n) is 11.6. The topological polar surface area (TPSA) is 84.2 Å². The molecule has 22 heavy (non-hydrogen) atoms. The second kappa shape index (κ2) is 5.69. The van der Waals surface area contributed by atoms with Crippen molar-refractivity contribution in [3.8, 4) is 0 Å². The molecule has 0 bridgehead atoms. The smallest absolute Gasteiger partial charge is 0.410 e. The van der Waals surface area contributed by atoms with Crippen LogP contribution in [-0.2, 0) is 6.54 Å². The Morgan fingerprint density at radius 3 is 2.73 bits per heavy atom. The Kier molecular flexibility index (Phi) is 3.57. The summed E-state index contributed by atoms with van der Waals surface area (Å²) in [5.74, 6) is 0.195. The summed E-state index contributed by atoms with van der Waals surface area (Å²) in [6.45, 7) is 0.477. The number of anilines is 1. The molecule has 6 nitrogen and oxygen atoms in total. The van der Waals surface area contributed by atoms with Gasteiger partial charge >= 0.3 is 6.09 Å². The molecule has 0 spiro atoms. The first-order valence-electron chi connectivity index (χ1n) is 6.66. The Hall–Kier alpha value is -3.15. The molecule has 1 amide bonds. The Labute approximate surface area is 125 Å². The zero-order valence-corrected chi connectivity index (χ0v) is 11.6. The van der Waals surface area contributed by atoms with Crippen LogP contribution in [0, 0.1) is 0 Å². The summed E-state index contributed by atoms with van der Waals surface area (Å²) < 4.78 is 1.60. The van der Waals surface area contributed by atoms with E-state index in [1.807, 2.05) is 30.3 Å². The van der Waals surface area contributed by atoms with Gasteiger partial charge in [0, 0.05) is 12.4 Å². The molecule has 3 rings (SSSR count). The average molecular weight is 295 g/mol. The molecule has 1 aromatic carbocycles.